The standard InChI is InChI=1S/C18H30N4O2S/c1-5-24-17(23)22-10-8-14(9-11-22)21-16(19-4)20-13-18(2,3)15-7-6-12-25-15/h6-7,12,14H,5,8-11,13H2,1-4H3,(H2,19,20,21). The van der Waals surface area contributed by atoms with Crippen molar-refractivity contribution >= 4 is 23.4 Å². The Balaban J connectivity index is 1.78. The number of piperidine rings is 1. The van der Waals surface area contributed by atoms with Gasteiger partial charge in [-0.3, -0.25) is 4.99 Å². The highest BCUT2D eigenvalue weighted by atomic mass is 32.1. The van der Waals surface area contributed by atoms with Gasteiger partial charge < -0.3 is 20.3 Å². The highest BCUT2D eigenvalue weighted by molar-refractivity contribution is 7.10. The first-order valence-electron chi connectivity index (χ1n) is 8.89. The number of thiophene rings is 1. The topological polar surface area (TPSA) is 66.0 Å². The van der Waals surface area contributed by atoms with Crippen LogP contribution in [0.25, 0.3) is 0 Å². The molecular formula is C18H30N4O2S. The summed E-state index contributed by atoms with van der Waals surface area (Å²) in [5, 5.41) is 9.03. The second-order valence-corrected chi connectivity index (χ2v) is 7.84. The first kappa shape index (κ1) is 19.6. The fraction of sp³-hybridized carbons (Fsp3) is 0.667. The highest BCUT2D eigenvalue weighted by Gasteiger charge is 2.25. The lowest BCUT2D eigenvalue weighted by Crippen LogP contribution is -2.51. The summed E-state index contributed by atoms with van der Waals surface area (Å²) in [5.41, 5.74) is 0.0546. The molecule has 6 nitrogen and oxygen atoms in total. The average Bonchev–Trinajstić information content (AvgIpc) is 3.15. The number of likely N-dealkylation sites (tertiary alicyclic amines) is 1. The van der Waals surface area contributed by atoms with E-state index in [1.54, 1.807) is 23.3 Å². The van der Waals surface area contributed by atoms with E-state index in [1.807, 2.05) is 6.92 Å². The van der Waals surface area contributed by atoms with E-state index in [4.69, 9.17) is 4.74 Å². The minimum atomic E-state index is -0.207. The maximum absolute atomic E-state index is 11.8. The molecule has 2 N–H and O–H groups in total. The molecule has 1 saturated heterocycles. The molecule has 140 valence electrons. The van der Waals surface area contributed by atoms with Crippen molar-refractivity contribution in [2.75, 3.05) is 33.3 Å². The molecule has 1 aliphatic rings. The van der Waals surface area contributed by atoms with E-state index >= 15 is 0 Å². The summed E-state index contributed by atoms with van der Waals surface area (Å²) in [4.78, 5) is 19.2. The van der Waals surface area contributed by atoms with Gasteiger partial charge in [0.1, 0.15) is 0 Å². The van der Waals surface area contributed by atoms with Crippen molar-refractivity contribution in [2.45, 2.75) is 45.1 Å². The van der Waals surface area contributed by atoms with E-state index in [-0.39, 0.29) is 11.5 Å². The lowest BCUT2D eigenvalue weighted by molar-refractivity contribution is 0.0963. The second kappa shape index (κ2) is 9.08. The average molecular weight is 367 g/mol. The summed E-state index contributed by atoms with van der Waals surface area (Å²) in [6.07, 6.45) is 1.59. The molecule has 1 aliphatic heterocycles. The number of rotatable bonds is 5. The molecule has 0 radical (unpaired) electrons. The largest absolute Gasteiger partial charge is 0.450 e. The molecule has 1 amide bonds. The van der Waals surface area contributed by atoms with Gasteiger partial charge in [-0.2, -0.15) is 0 Å². The van der Waals surface area contributed by atoms with Gasteiger partial charge in [-0.1, -0.05) is 19.9 Å². The van der Waals surface area contributed by atoms with Gasteiger partial charge in [0.25, 0.3) is 0 Å². The molecule has 0 bridgehead atoms. The SMILES string of the molecule is CCOC(=O)N1CCC(NC(=NC)NCC(C)(C)c2cccs2)CC1. The minimum absolute atomic E-state index is 0.0546. The van der Waals surface area contributed by atoms with E-state index < -0.39 is 0 Å². The summed E-state index contributed by atoms with van der Waals surface area (Å²) in [6.45, 7) is 8.97. The normalized spacial score (nSPS) is 16.6. The molecule has 0 spiro atoms. The molecule has 2 heterocycles. The molecular weight excluding hydrogens is 336 g/mol. The number of nitrogens with zero attached hydrogens (tertiary/aromatic N) is 2. The van der Waals surface area contributed by atoms with Crippen molar-refractivity contribution in [2.24, 2.45) is 4.99 Å². The molecule has 7 heteroatoms. The molecule has 25 heavy (non-hydrogen) atoms. The minimum Gasteiger partial charge on any atom is -0.450 e. The van der Waals surface area contributed by atoms with Crippen LogP contribution in [0.3, 0.4) is 0 Å². The predicted molar refractivity (Wildman–Crippen MR) is 103 cm³/mol. The van der Waals surface area contributed by atoms with Crippen LogP contribution in [0, 0.1) is 0 Å². The lowest BCUT2D eigenvalue weighted by Gasteiger charge is -2.33. The molecule has 0 aromatic carbocycles. The molecule has 1 aromatic rings. The number of nitrogens with one attached hydrogen (secondary N) is 2. The maximum Gasteiger partial charge on any atom is 0.409 e. The Morgan fingerprint density at radius 1 is 1.44 bits per heavy atom. The van der Waals surface area contributed by atoms with Gasteiger partial charge in [-0.25, -0.2) is 4.79 Å². The zero-order valence-corrected chi connectivity index (χ0v) is 16.5. The van der Waals surface area contributed by atoms with Crippen molar-refractivity contribution < 1.29 is 9.53 Å². The fourth-order valence-corrected chi connectivity index (χ4v) is 3.72. The molecule has 0 saturated carbocycles. The molecule has 0 atom stereocenters. The number of hydrogen-bond donors (Lipinski definition) is 2. The van der Waals surface area contributed by atoms with Gasteiger partial charge in [0.15, 0.2) is 5.96 Å². The molecule has 1 aromatic heterocycles. The number of aliphatic imine (C=N–C) groups is 1. The van der Waals surface area contributed by atoms with Crippen LogP contribution >= 0.6 is 11.3 Å². The fourth-order valence-electron chi connectivity index (χ4n) is 2.86. The summed E-state index contributed by atoms with van der Waals surface area (Å²) in [5.74, 6) is 0.819. The van der Waals surface area contributed by atoms with E-state index in [2.05, 4.69) is 47.0 Å². The second-order valence-electron chi connectivity index (χ2n) is 6.89. The number of ether oxygens (including phenoxy) is 1. The first-order valence-corrected chi connectivity index (χ1v) is 9.77. The van der Waals surface area contributed by atoms with Crippen LogP contribution in [0.15, 0.2) is 22.5 Å². The van der Waals surface area contributed by atoms with Gasteiger partial charge in [-0.15, -0.1) is 11.3 Å². The van der Waals surface area contributed by atoms with Gasteiger partial charge in [0.2, 0.25) is 0 Å². The van der Waals surface area contributed by atoms with Crippen molar-refractivity contribution in [3.05, 3.63) is 22.4 Å². The summed E-state index contributed by atoms with van der Waals surface area (Å²) < 4.78 is 5.06. The predicted octanol–water partition coefficient (Wildman–Crippen LogP) is 2.81. The number of carbonyl (C=O) groups is 1. The monoisotopic (exact) mass is 366 g/mol. The Bertz CT molecular complexity index is 564. The van der Waals surface area contributed by atoms with Crippen molar-refractivity contribution in [1.29, 1.82) is 0 Å². The third-order valence-electron chi connectivity index (χ3n) is 4.47. The van der Waals surface area contributed by atoms with Crippen LogP contribution in [0.1, 0.15) is 38.5 Å². The zero-order chi connectivity index (χ0) is 18.3. The molecule has 1 fully saturated rings. The van der Waals surface area contributed by atoms with Crippen molar-refractivity contribution in [3.8, 4) is 0 Å². The third kappa shape index (κ3) is 5.63. The Labute approximate surface area is 154 Å². The maximum atomic E-state index is 11.8. The van der Waals surface area contributed by atoms with Crippen LogP contribution in [0.5, 0.6) is 0 Å². The van der Waals surface area contributed by atoms with Crippen molar-refractivity contribution in [3.63, 3.8) is 0 Å². The molecule has 2 rings (SSSR count). The van der Waals surface area contributed by atoms with Gasteiger partial charge >= 0.3 is 6.09 Å². The smallest absolute Gasteiger partial charge is 0.409 e. The number of carbonyl (C=O) groups excluding carboxylic acids is 1. The Hall–Kier alpha value is -1.76. The molecule has 0 unspecified atom stereocenters. The highest BCUT2D eigenvalue weighted by Crippen LogP contribution is 2.26. The lowest BCUT2D eigenvalue weighted by atomic mass is 9.91. The van der Waals surface area contributed by atoms with Crippen LogP contribution in [-0.4, -0.2) is 56.3 Å². The van der Waals surface area contributed by atoms with E-state index in [1.165, 1.54) is 4.88 Å². The van der Waals surface area contributed by atoms with Crippen LogP contribution in [0.4, 0.5) is 4.79 Å². The summed E-state index contributed by atoms with van der Waals surface area (Å²) in [6, 6.07) is 4.58. The summed E-state index contributed by atoms with van der Waals surface area (Å²) >= 11 is 1.78. The first-order chi connectivity index (χ1) is 12.0. The van der Waals surface area contributed by atoms with E-state index in [0.29, 0.717) is 25.7 Å². The zero-order valence-electron chi connectivity index (χ0n) is 15.7. The van der Waals surface area contributed by atoms with E-state index in [0.717, 1.165) is 25.3 Å². The van der Waals surface area contributed by atoms with Gasteiger partial charge in [0, 0.05) is 43.0 Å². The van der Waals surface area contributed by atoms with Crippen molar-refractivity contribution in [1.82, 2.24) is 15.5 Å². The van der Waals surface area contributed by atoms with E-state index in [9.17, 15) is 4.79 Å². The Morgan fingerprint density at radius 2 is 2.16 bits per heavy atom. The van der Waals surface area contributed by atoms with Crippen LogP contribution < -0.4 is 10.6 Å². The Kier molecular flexibility index (Phi) is 7.11. The number of amides is 1. The number of hydrogen-bond acceptors (Lipinski definition) is 4. The quantitative estimate of drug-likeness (QED) is 0.621. The summed E-state index contributed by atoms with van der Waals surface area (Å²) in [7, 11) is 1.79. The number of guanidine groups is 1. The Morgan fingerprint density at radius 3 is 2.72 bits per heavy atom. The molecule has 0 aliphatic carbocycles. The van der Waals surface area contributed by atoms with Gasteiger partial charge in [-0.05, 0) is 31.2 Å². The van der Waals surface area contributed by atoms with Crippen LogP contribution in [0.2, 0.25) is 0 Å². The van der Waals surface area contributed by atoms with Crippen LogP contribution in [-0.2, 0) is 10.2 Å². The van der Waals surface area contributed by atoms with Gasteiger partial charge in [0.05, 0.1) is 6.61 Å². The third-order valence-corrected chi connectivity index (χ3v) is 5.71.